The van der Waals surface area contributed by atoms with Crippen LogP contribution in [0.5, 0.6) is 5.75 Å². The molecule has 0 radical (unpaired) electrons. The Morgan fingerprint density at radius 1 is 1.27 bits per heavy atom. The number of aliphatic hydroxyl groups is 1. The van der Waals surface area contributed by atoms with Gasteiger partial charge in [-0.25, -0.2) is 4.79 Å². The average molecular weight is 457 g/mol. The van der Waals surface area contributed by atoms with Crippen LogP contribution in [0.2, 0.25) is 0 Å². The van der Waals surface area contributed by atoms with E-state index in [2.05, 4.69) is 4.98 Å². The van der Waals surface area contributed by atoms with E-state index in [1.165, 1.54) is 13.8 Å². The van der Waals surface area contributed by atoms with Crippen LogP contribution in [0.15, 0.2) is 39.8 Å². The van der Waals surface area contributed by atoms with Gasteiger partial charge in [0.05, 0.1) is 12.7 Å². The van der Waals surface area contributed by atoms with Gasteiger partial charge in [-0.15, -0.1) is 0 Å². The number of pyridine rings is 1. The van der Waals surface area contributed by atoms with Gasteiger partial charge in [0.2, 0.25) is 0 Å². The van der Waals surface area contributed by atoms with Crippen molar-refractivity contribution in [3.8, 4) is 17.1 Å². The first kappa shape index (κ1) is 23.0. The minimum atomic E-state index is -1.17. The van der Waals surface area contributed by atoms with Crippen molar-refractivity contribution < 1.29 is 33.3 Å². The number of fused-ring (bicyclic) bond motifs is 2. The monoisotopic (exact) mass is 457 g/mol. The van der Waals surface area contributed by atoms with Crippen molar-refractivity contribution in [3.63, 3.8) is 0 Å². The number of hydrogen-bond donors (Lipinski definition) is 1. The number of carbonyl (C=O) groups excluding carboxylic acids is 2. The van der Waals surface area contributed by atoms with Crippen LogP contribution in [0, 0.1) is 11.8 Å². The summed E-state index contributed by atoms with van der Waals surface area (Å²) in [7, 11) is 0. The first-order valence-corrected chi connectivity index (χ1v) is 10.9. The summed E-state index contributed by atoms with van der Waals surface area (Å²) >= 11 is 0. The van der Waals surface area contributed by atoms with Gasteiger partial charge in [0.15, 0.2) is 0 Å². The summed E-state index contributed by atoms with van der Waals surface area (Å²) in [5.41, 5.74) is -1.11. The number of carbonyl (C=O) groups is 2. The van der Waals surface area contributed by atoms with E-state index in [9.17, 15) is 19.5 Å². The molecule has 0 aromatic carbocycles. The SMILES string of the molecule is CC(=O)OCC[C@H]1C[C@@H](OC(C)=O)[C@]2(C)Oc3cc(-c4cccnc4)oc(=O)c3[C@@H](O)[C@@H]2C1. The lowest BCUT2D eigenvalue weighted by molar-refractivity contribution is -0.192. The fourth-order valence-corrected chi connectivity index (χ4v) is 4.94. The largest absolute Gasteiger partial charge is 0.482 e. The summed E-state index contributed by atoms with van der Waals surface area (Å²) in [5, 5.41) is 11.3. The maximum Gasteiger partial charge on any atom is 0.345 e. The molecule has 3 heterocycles. The van der Waals surface area contributed by atoms with E-state index >= 15 is 0 Å². The second-order valence-corrected chi connectivity index (χ2v) is 8.82. The molecule has 0 spiro atoms. The number of aliphatic hydroxyl groups excluding tert-OH is 1. The Labute approximate surface area is 190 Å². The van der Waals surface area contributed by atoms with Crippen LogP contribution >= 0.6 is 0 Å². The minimum absolute atomic E-state index is 0.00622. The maximum atomic E-state index is 12.9. The van der Waals surface area contributed by atoms with E-state index in [0.29, 0.717) is 24.8 Å². The Morgan fingerprint density at radius 3 is 2.73 bits per heavy atom. The molecule has 1 fully saturated rings. The molecule has 33 heavy (non-hydrogen) atoms. The number of hydrogen-bond acceptors (Lipinski definition) is 9. The Balaban J connectivity index is 1.70. The molecule has 9 heteroatoms. The van der Waals surface area contributed by atoms with Gasteiger partial charge in [-0.3, -0.25) is 14.6 Å². The molecule has 1 saturated carbocycles. The van der Waals surface area contributed by atoms with E-state index in [4.69, 9.17) is 18.6 Å². The van der Waals surface area contributed by atoms with Crippen molar-refractivity contribution in [2.75, 3.05) is 6.61 Å². The van der Waals surface area contributed by atoms with E-state index in [0.717, 1.165) is 0 Å². The van der Waals surface area contributed by atoms with Crippen molar-refractivity contribution >= 4 is 11.9 Å². The molecule has 1 N–H and O–H groups in total. The van der Waals surface area contributed by atoms with Crippen LogP contribution in [-0.2, 0) is 19.1 Å². The van der Waals surface area contributed by atoms with E-state index in [-0.39, 0.29) is 35.6 Å². The van der Waals surface area contributed by atoms with Gasteiger partial charge < -0.3 is 23.7 Å². The molecule has 9 nitrogen and oxygen atoms in total. The normalized spacial score (nSPS) is 28.1. The number of rotatable bonds is 5. The number of aromatic nitrogens is 1. The quantitative estimate of drug-likeness (QED) is 0.675. The fourth-order valence-electron chi connectivity index (χ4n) is 4.94. The maximum absolute atomic E-state index is 12.9. The molecule has 176 valence electrons. The summed E-state index contributed by atoms with van der Waals surface area (Å²) in [6, 6.07) is 5.03. The van der Waals surface area contributed by atoms with Gasteiger partial charge in [-0.1, -0.05) is 0 Å². The summed E-state index contributed by atoms with van der Waals surface area (Å²) in [6.07, 6.45) is 2.85. The summed E-state index contributed by atoms with van der Waals surface area (Å²) in [6.45, 7) is 4.68. The van der Waals surface area contributed by atoms with Crippen molar-refractivity contribution in [2.45, 2.75) is 57.8 Å². The molecular weight excluding hydrogens is 430 g/mol. The highest BCUT2D eigenvalue weighted by atomic mass is 16.6. The third kappa shape index (κ3) is 4.50. The van der Waals surface area contributed by atoms with E-state index in [1.807, 2.05) is 0 Å². The summed E-state index contributed by atoms with van der Waals surface area (Å²) < 4.78 is 22.5. The highest BCUT2D eigenvalue weighted by Gasteiger charge is 2.57. The molecule has 2 aromatic heterocycles. The van der Waals surface area contributed by atoms with Crippen LogP contribution < -0.4 is 10.4 Å². The van der Waals surface area contributed by atoms with E-state index < -0.39 is 35.3 Å². The van der Waals surface area contributed by atoms with Crippen LogP contribution in [0.1, 0.15) is 51.7 Å². The van der Waals surface area contributed by atoms with Gasteiger partial charge in [0.1, 0.15) is 28.8 Å². The van der Waals surface area contributed by atoms with Crippen LogP contribution in [0.25, 0.3) is 11.3 Å². The molecule has 1 aliphatic carbocycles. The van der Waals surface area contributed by atoms with Gasteiger partial charge in [0.25, 0.3) is 0 Å². The highest BCUT2D eigenvalue weighted by Crippen LogP contribution is 2.52. The summed E-state index contributed by atoms with van der Waals surface area (Å²) in [5.74, 6) is -0.907. The van der Waals surface area contributed by atoms with Crippen LogP contribution in [0.3, 0.4) is 0 Å². The zero-order valence-electron chi connectivity index (χ0n) is 18.8. The van der Waals surface area contributed by atoms with Gasteiger partial charge in [-0.05, 0) is 44.2 Å². The fraction of sp³-hybridized carbons (Fsp3) is 0.500. The lowest BCUT2D eigenvalue weighted by atomic mass is 9.64. The molecule has 5 atom stereocenters. The second-order valence-electron chi connectivity index (χ2n) is 8.82. The molecular formula is C24H27NO8. The molecule has 0 amide bonds. The number of esters is 2. The molecule has 2 aromatic rings. The number of ether oxygens (including phenoxy) is 3. The first-order chi connectivity index (χ1) is 15.7. The molecule has 0 saturated heterocycles. The molecule has 0 unspecified atom stereocenters. The molecule has 4 rings (SSSR count). The van der Waals surface area contributed by atoms with Gasteiger partial charge in [0, 0.05) is 43.8 Å². The Morgan fingerprint density at radius 2 is 2.06 bits per heavy atom. The Kier molecular flexibility index (Phi) is 6.25. The first-order valence-electron chi connectivity index (χ1n) is 10.9. The average Bonchev–Trinajstić information content (AvgIpc) is 2.75. The van der Waals surface area contributed by atoms with Crippen molar-refractivity contribution in [1.29, 1.82) is 0 Å². The van der Waals surface area contributed by atoms with Crippen LogP contribution in [0.4, 0.5) is 0 Å². The lowest BCUT2D eigenvalue weighted by Crippen LogP contribution is -2.60. The minimum Gasteiger partial charge on any atom is -0.482 e. The van der Waals surface area contributed by atoms with Crippen molar-refractivity contribution in [3.05, 3.63) is 46.6 Å². The smallest absolute Gasteiger partial charge is 0.345 e. The second kappa shape index (κ2) is 8.97. The van der Waals surface area contributed by atoms with Crippen LogP contribution in [-0.4, -0.2) is 40.3 Å². The number of nitrogens with zero attached hydrogens (tertiary/aromatic N) is 1. The predicted octanol–water partition coefficient (Wildman–Crippen LogP) is 2.80. The van der Waals surface area contributed by atoms with Crippen molar-refractivity contribution in [1.82, 2.24) is 4.98 Å². The van der Waals surface area contributed by atoms with Gasteiger partial charge in [-0.2, -0.15) is 0 Å². The van der Waals surface area contributed by atoms with Gasteiger partial charge >= 0.3 is 17.6 Å². The van der Waals surface area contributed by atoms with E-state index in [1.54, 1.807) is 37.5 Å². The third-order valence-corrected chi connectivity index (χ3v) is 6.55. The summed E-state index contributed by atoms with van der Waals surface area (Å²) in [4.78, 5) is 39.9. The standard InChI is InChI=1S/C24H27NO8/c1-13(26)30-8-6-15-9-17-22(28)21-19(33-24(17,3)20(10-15)31-14(2)27)11-18(32-23(21)29)16-5-4-7-25-12-16/h4-5,7,11-12,15,17,20,22,28H,6,8-10H2,1-3H3/t15-,17+,20-,22+,24-/m1/s1. The lowest BCUT2D eigenvalue weighted by Gasteiger charge is -2.52. The third-order valence-electron chi connectivity index (χ3n) is 6.55. The molecule has 1 aliphatic heterocycles. The zero-order chi connectivity index (χ0) is 23.8. The topological polar surface area (TPSA) is 125 Å². The Hall–Kier alpha value is -3.20. The molecule has 2 aliphatic rings. The highest BCUT2D eigenvalue weighted by molar-refractivity contribution is 5.66. The predicted molar refractivity (Wildman–Crippen MR) is 115 cm³/mol. The zero-order valence-corrected chi connectivity index (χ0v) is 18.8. The Bertz CT molecular complexity index is 1100. The molecule has 0 bridgehead atoms. The van der Waals surface area contributed by atoms with Crippen molar-refractivity contribution in [2.24, 2.45) is 11.8 Å².